The maximum atomic E-state index is 5.57. The molecule has 0 amide bonds. The SMILES string of the molecule is CCC(C)CC(NC)c1c(C)cc(C)cc1OC. The normalized spacial score (nSPS) is 14.3. The molecule has 1 N–H and O–H groups in total. The zero-order chi connectivity index (χ0) is 13.7. The van der Waals surface area contributed by atoms with Crippen molar-refractivity contribution >= 4 is 0 Å². The number of benzene rings is 1. The van der Waals surface area contributed by atoms with Gasteiger partial charge >= 0.3 is 0 Å². The number of hydrogen-bond acceptors (Lipinski definition) is 2. The van der Waals surface area contributed by atoms with Gasteiger partial charge in [-0.15, -0.1) is 0 Å². The van der Waals surface area contributed by atoms with Crippen LogP contribution in [0.15, 0.2) is 12.1 Å². The predicted octanol–water partition coefficient (Wildman–Crippen LogP) is 4.01. The Morgan fingerprint density at radius 3 is 2.44 bits per heavy atom. The van der Waals surface area contributed by atoms with Crippen LogP contribution >= 0.6 is 0 Å². The first-order valence-electron chi connectivity index (χ1n) is 6.85. The molecule has 2 heteroatoms. The van der Waals surface area contributed by atoms with Gasteiger partial charge in [0, 0.05) is 11.6 Å². The van der Waals surface area contributed by atoms with E-state index in [1.165, 1.54) is 23.1 Å². The van der Waals surface area contributed by atoms with Crippen molar-refractivity contribution in [1.29, 1.82) is 0 Å². The van der Waals surface area contributed by atoms with Crippen molar-refractivity contribution in [2.24, 2.45) is 5.92 Å². The summed E-state index contributed by atoms with van der Waals surface area (Å²) in [5.74, 6) is 1.73. The van der Waals surface area contributed by atoms with Crippen LogP contribution in [0.3, 0.4) is 0 Å². The molecule has 0 fully saturated rings. The van der Waals surface area contributed by atoms with Crippen LogP contribution in [-0.2, 0) is 0 Å². The second kappa shape index (κ2) is 6.79. The smallest absolute Gasteiger partial charge is 0.124 e. The summed E-state index contributed by atoms with van der Waals surface area (Å²) in [6, 6.07) is 4.73. The van der Waals surface area contributed by atoms with Gasteiger partial charge in [0.25, 0.3) is 0 Å². The molecule has 0 aliphatic carbocycles. The van der Waals surface area contributed by atoms with E-state index in [9.17, 15) is 0 Å². The Hall–Kier alpha value is -1.02. The third-order valence-electron chi connectivity index (χ3n) is 3.75. The molecule has 0 radical (unpaired) electrons. The first kappa shape index (κ1) is 15.0. The summed E-state index contributed by atoms with van der Waals surface area (Å²) >= 11 is 0. The Morgan fingerprint density at radius 2 is 1.94 bits per heavy atom. The van der Waals surface area contributed by atoms with Crippen LogP contribution in [0.1, 0.15) is 49.4 Å². The monoisotopic (exact) mass is 249 g/mol. The lowest BCUT2D eigenvalue weighted by Crippen LogP contribution is -2.20. The predicted molar refractivity (Wildman–Crippen MR) is 78.3 cm³/mol. The lowest BCUT2D eigenvalue weighted by Gasteiger charge is -2.24. The van der Waals surface area contributed by atoms with E-state index < -0.39 is 0 Å². The first-order valence-corrected chi connectivity index (χ1v) is 6.85. The molecular weight excluding hydrogens is 222 g/mol. The Balaban J connectivity index is 3.11. The van der Waals surface area contributed by atoms with Gasteiger partial charge in [0.1, 0.15) is 5.75 Å². The van der Waals surface area contributed by atoms with Crippen molar-refractivity contribution in [1.82, 2.24) is 5.32 Å². The van der Waals surface area contributed by atoms with Crippen molar-refractivity contribution in [3.05, 3.63) is 28.8 Å². The third kappa shape index (κ3) is 3.49. The summed E-state index contributed by atoms with van der Waals surface area (Å²) in [4.78, 5) is 0. The molecular formula is C16H27NO. The van der Waals surface area contributed by atoms with Gasteiger partial charge in [0.15, 0.2) is 0 Å². The van der Waals surface area contributed by atoms with Crippen LogP contribution < -0.4 is 10.1 Å². The molecule has 102 valence electrons. The number of rotatable bonds is 6. The maximum absolute atomic E-state index is 5.57. The standard InChI is InChI=1S/C16H27NO/c1-7-11(2)9-14(17-5)16-13(4)8-12(3)10-15(16)18-6/h8,10-11,14,17H,7,9H2,1-6H3. The number of ether oxygens (including phenoxy) is 1. The first-order chi connectivity index (χ1) is 8.53. The van der Waals surface area contributed by atoms with E-state index in [4.69, 9.17) is 4.74 Å². The molecule has 0 saturated carbocycles. The van der Waals surface area contributed by atoms with E-state index in [-0.39, 0.29) is 0 Å². The van der Waals surface area contributed by atoms with E-state index in [1.54, 1.807) is 7.11 Å². The number of methoxy groups -OCH3 is 1. The van der Waals surface area contributed by atoms with Crippen LogP contribution in [-0.4, -0.2) is 14.2 Å². The Kier molecular flexibility index (Phi) is 5.67. The number of aryl methyl sites for hydroxylation is 2. The Morgan fingerprint density at radius 1 is 1.28 bits per heavy atom. The Labute approximate surface area is 112 Å². The molecule has 18 heavy (non-hydrogen) atoms. The highest BCUT2D eigenvalue weighted by Gasteiger charge is 2.19. The van der Waals surface area contributed by atoms with Gasteiger partial charge in [-0.25, -0.2) is 0 Å². The highest BCUT2D eigenvalue weighted by atomic mass is 16.5. The maximum Gasteiger partial charge on any atom is 0.124 e. The molecule has 2 nitrogen and oxygen atoms in total. The summed E-state index contributed by atoms with van der Waals surface area (Å²) in [5, 5.41) is 3.44. The van der Waals surface area contributed by atoms with Gasteiger partial charge in [-0.05, 0) is 50.4 Å². The topological polar surface area (TPSA) is 21.3 Å². The molecule has 0 bridgehead atoms. The zero-order valence-corrected chi connectivity index (χ0v) is 12.6. The second-order valence-corrected chi connectivity index (χ2v) is 5.29. The van der Waals surface area contributed by atoms with E-state index in [2.05, 4.69) is 45.1 Å². The largest absolute Gasteiger partial charge is 0.496 e. The highest BCUT2D eigenvalue weighted by Crippen LogP contribution is 2.33. The molecule has 2 atom stereocenters. The average molecular weight is 249 g/mol. The molecule has 1 rings (SSSR count). The van der Waals surface area contributed by atoms with Gasteiger partial charge in [0.2, 0.25) is 0 Å². The molecule has 0 saturated heterocycles. The number of hydrogen-bond donors (Lipinski definition) is 1. The van der Waals surface area contributed by atoms with Crippen LogP contribution in [0.25, 0.3) is 0 Å². The minimum Gasteiger partial charge on any atom is -0.496 e. The van der Waals surface area contributed by atoms with Crippen molar-refractivity contribution < 1.29 is 4.74 Å². The van der Waals surface area contributed by atoms with Crippen molar-refractivity contribution in [2.45, 2.75) is 46.6 Å². The van der Waals surface area contributed by atoms with E-state index in [1.807, 2.05) is 7.05 Å². The summed E-state index contributed by atoms with van der Waals surface area (Å²) in [5.41, 5.74) is 3.88. The number of nitrogens with one attached hydrogen (secondary N) is 1. The Bertz CT molecular complexity index is 387. The summed E-state index contributed by atoms with van der Waals surface area (Å²) in [6.45, 7) is 8.84. The molecule has 0 heterocycles. The quantitative estimate of drug-likeness (QED) is 0.822. The average Bonchev–Trinajstić information content (AvgIpc) is 2.35. The zero-order valence-electron chi connectivity index (χ0n) is 12.6. The summed E-state index contributed by atoms with van der Waals surface area (Å²) in [7, 11) is 3.79. The lowest BCUT2D eigenvalue weighted by atomic mass is 9.90. The minimum atomic E-state index is 0.371. The van der Waals surface area contributed by atoms with Gasteiger partial charge in [0.05, 0.1) is 7.11 Å². The van der Waals surface area contributed by atoms with E-state index in [0.717, 1.165) is 12.2 Å². The van der Waals surface area contributed by atoms with Crippen LogP contribution in [0.2, 0.25) is 0 Å². The minimum absolute atomic E-state index is 0.371. The fourth-order valence-corrected chi connectivity index (χ4v) is 2.50. The molecule has 1 aromatic rings. The second-order valence-electron chi connectivity index (χ2n) is 5.29. The molecule has 2 unspecified atom stereocenters. The third-order valence-corrected chi connectivity index (χ3v) is 3.75. The molecule has 0 aliphatic heterocycles. The lowest BCUT2D eigenvalue weighted by molar-refractivity contribution is 0.379. The molecule has 0 aromatic heterocycles. The molecule has 1 aromatic carbocycles. The van der Waals surface area contributed by atoms with E-state index in [0.29, 0.717) is 12.0 Å². The van der Waals surface area contributed by atoms with Crippen LogP contribution in [0.5, 0.6) is 5.75 Å². The van der Waals surface area contributed by atoms with Crippen molar-refractivity contribution in [3.8, 4) is 5.75 Å². The van der Waals surface area contributed by atoms with E-state index >= 15 is 0 Å². The fraction of sp³-hybridized carbons (Fsp3) is 0.625. The molecule has 0 spiro atoms. The summed E-state index contributed by atoms with van der Waals surface area (Å²) < 4.78 is 5.57. The summed E-state index contributed by atoms with van der Waals surface area (Å²) in [6.07, 6.45) is 2.36. The van der Waals surface area contributed by atoms with Gasteiger partial charge in [-0.2, -0.15) is 0 Å². The van der Waals surface area contributed by atoms with Crippen LogP contribution in [0, 0.1) is 19.8 Å². The van der Waals surface area contributed by atoms with Gasteiger partial charge in [-0.3, -0.25) is 0 Å². The fourth-order valence-electron chi connectivity index (χ4n) is 2.50. The molecule has 0 aliphatic rings. The van der Waals surface area contributed by atoms with Crippen molar-refractivity contribution in [3.63, 3.8) is 0 Å². The van der Waals surface area contributed by atoms with Gasteiger partial charge in [-0.1, -0.05) is 26.3 Å². The van der Waals surface area contributed by atoms with Crippen molar-refractivity contribution in [2.75, 3.05) is 14.2 Å². The van der Waals surface area contributed by atoms with Gasteiger partial charge < -0.3 is 10.1 Å². The highest BCUT2D eigenvalue weighted by molar-refractivity contribution is 5.45. The van der Waals surface area contributed by atoms with Crippen LogP contribution in [0.4, 0.5) is 0 Å².